The van der Waals surface area contributed by atoms with E-state index in [0.717, 1.165) is 6.54 Å². The Bertz CT molecular complexity index is 1080. The fourth-order valence-electron chi connectivity index (χ4n) is 4.04. The fourth-order valence-corrected chi connectivity index (χ4v) is 4.24. The van der Waals surface area contributed by atoms with Gasteiger partial charge in [0.25, 0.3) is 11.7 Å². The average molecular weight is 457 g/mol. The number of benzene rings is 2. The van der Waals surface area contributed by atoms with Gasteiger partial charge < -0.3 is 24.4 Å². The van der Waals surface area contributed by atoms with Crippen LogP contribution in [0.3, 0.4) is 0 Å². The molecule has 0 spiro atoms. The molecule has 1 atom stereocenters. The predicted molar refractivity (Wildman–Crippen MR) is 121 cm³/mol. The Morgan fingerprint density at radius 3 is 2.59 bits per heavy atom. The van der Waals surface area contributed by atoms with Crippen LogP contribution < -0.4 is 9.47 Å². The third-order valence-electron chi connectivity index (χ3n) is 5.52. The average Bonchev–Trinajstić information content (AvgIpc) is 3.03. The number of carbonyl (C=O) groups excluding carboxylic acids is 2. The first-order chi connectivity index (χ1) is 15.4. The van der Waals surface area contributed by atoms with E-state index in [-0.39, 0.29) is 11.3 Å². The third-order valence-corrected chi connectivity index (χ3v) is 5.76. The van der Waals surface area contributed by atoms with E-state index in [1.165, 1.54) is 4.90 Å². The molecule has 0 aromatic heterocycles. The molecular formula is C24H25ClN2O5. The van der Waals surface area contributed by atoms with Crippen molar-refractivity contribution in [3.63, 3.8) is 0 Å². The molecule has 2 aromatic rings. The van der Waals surface area contributed by atoms with E-state index in [9.17, 15) is 14.7 Å². The molecule has 2 heterocycles. The number of carbonyl (C=O) groups is 2. The molecule has 0 bridgehead atoms. The molecule has 0 unspecified atom stereocenters. The van der Waals surface area contributed by atoms with E-state index in [1.54, 1.807) is 42.5 Å². The standard InChI is InChI=1S/C24H25ClN2O5/c1-26(2)9-4-10-27-21(15-5-3-6-17(25)13-15)20(23(29)24(27)30)22(28)16-7-8-18-19(14-16)32-12-11-31-18/h3,5-8,13-14,21,28H,4,9-12H2,1-2H3/b22-20+/t21-/m0/s1. The molecule has 4 rings (SSSR count). The highest BCUT2D eigenvalue weighted by molar-refractivity contribution is 6.46. The van der Waals surface area contributed by atoms with Crippen LogP contribution in [0, 0.1) is 0 Å². The molecule has 2 aromatic carbocycles. The van der Waals surface area contributed by atoms with E-state index >= 15 is 0 Å². The lowest BCUT2D eigenvalue weighted by Gasteiger charge is -2.26. The summed E-state index contributed by atoms with van der Waals surface area (Å²) in [5, 5.41) is 11.7. The molecule has 1 fully saturated rings. The van der Waals surface area contributed by atoms with Crippen molar-refractivity contribution >= 4 is 29.1 Å². The lowest BCUT2D eigenvalue weighted by Crippen LogP contribution is -2.32. The zero-order chi connectivity index (χ0) is 22.8. The summed E-state index contributed by atoms with van der Waals surface area (Å²) in [6, 6.07) is 11.2. The second-order valence-corrected chi connectivity index (χ2v) is 8.50. The van der Waals surface area contributed by atoms with Crippen LogP contribution in [0.1, 0.15) is 23.6 Å². The summed E-state index contributed by atoms with van der Waals surface area (Å²) in [6.45, 7) is 1.98. The smallest absolute Gasteiger partial charge is 0.295 e. The van der Waals surface area contributed by atoms with Gasteiger partial charge in [-0.3, -0.25) is 9.59 Å². The van der Waals surface area contributed by atoms with Crippen LogP contribution in [0.25, 0.3) is 5.76 Å². The zero-order valence-electron chi connectivity index (χ0n) is 18.0. The van der Waals surface area contributed by atoms with Gasteiger partial charge in [-0.2, -0.15) is 0 Å². The topological polar surface area (TPSA) is 79.3 Å². The van der Waals surface area contributed by atoms with E-state index in [0.29, 0.717) is 53.8 Å². The van der Waals surface area contributed by atoms with Gasteiger partial charge in [0.1, 0.15) is 19.0 Å². The number of halogens is 1. The summed E-state index contributed by atoms with van der Waals surface area (Å²) in [6.07, 6.45) is 0.682. The van der Waals surface area contributed by atoms with E-state index in [4.69, 9.17) is 21.1 Å². The van der Waals surface area contributed by atoms with Crippen molar-refractivity contribution in [2.45, 2.75) is 12.5 Å². The number of amides is 1. The van der Waals surface area contributed by atoms with E-state index in [2.05, 4.69) is 0 Å². The molecule has 0 saturated carbocycles. The minimum Gasteiger partial charge on any atom is -0.507 e. The zero-order valence-corrected chi connectivity index (χ0v) is 18.8. The molecule has 1 N–H and O–H groups in total. The number of aliphatic hydroxyl groups excluding tert-OH is 1. The molecule has 1 amide bonds. The Kier molecular flexibility index (Phi) is 6.39. The monoisotopic (exact) mass is 456 g/mol. The number of hydrogen-bond donors (Lipinski definition) is 1. The molecule has 8 heteroatoms. The van der Waals surface area contributed by atoms with Gasteiger partial charge in [0.15, 0.2) is 11.5 Å². The van der Waals surface area contributed by atoms with Gasteiger partial charge in [-0.05, 0) is 63.0 Å². The minimum absolute atomic E-state index is 0.0406. The lowest BCUT2D eigenvalue weighted by atomic mass is 9.95. The van der Waals surface area contributed by atoms with Crippen LogP contribution in [0.5, 0.6) is 11.5 Å². The largest absolute Gasteiger partial charge is 0.507 e. The van der Waals surface area contributed by atoms with Gasteiger partial charge >= 0.3 is 0 Å². The number of fused-ring (bicyclic) bond motifs is 1. The van der Waals surface area contributed by atoms with Crippen LogP contribution in [0.15, 0.2) is 48.0 Å². The number of aliphatic hydroxyl groups is 1. The second-order valence-electron chi connectivity index (χ2n) is 8.06. The molecule has 0 aliphatic carbocycles. The predicted octanol–water partition coefficient (Wildman–Crippen LogP) is 3.48. The summed E-state index contributed by atoms with van der Waals surface area (Å²) in [5.74, 6) is -0.538. The van der Waals surface area contributed by atoms with Crippen molar-refractivity contribution < 1.29 is 24.2 Å². The summed E-state index contributed by atoms with van der Waals surface area (Å²) in [5.41, 5.74) is 1.09. The molecule has 7 nitrogen and oxygen atoms in total. The number of rotatable bonds is 6. The van der Waals surface area contributed by atoms with E-state index in [1.807, 2.05) is 19.0 Å². The highest BCUT2D eigenvalue weighted by Gasteiger charge is 2.45. The quantitative estimate of drug-likeness (QED) is 0.407. The number of Topliss-reactive ketones (excluding diaryl/α,β-unsaturated/α-hetero) is 1. The van der Waals surface area contributed by atoms with Crippen LogP contribution in [0.2, 0.25) is 5.02 Å². The van der Waals surface area contributed by atoms with Crippen molar-refractivity contribution in [2.24, 2.45) is 0 Å². The molecule has 2 aliphatic rings. The first-order valence-corrected chi connectivity index (χ1v) is 10.8. The van der Waals surface area contributed by atoms with Crippen molar-refractivity contribution in [3.05, 3.63) is 64.2 Å². The van der Waals surface area contributed by atoms with Gasteiger partial charge in [-0.1, -0.05) is 23.7 Å². The first-order valence-electron chi connectivity index (χ1n) is 10.5. The van der Waals surface area contributed by atoms with Crippen LogP contribution in [-0.2, 0) is 9.59 Å². The molecule has 168 valence electrons. The van der Waals surface area contributed by atoms with Crippen molar-refractivity contribution in [2.75, 3.05) is 40.4 Å². The maximum atomic E-state index is 13.1. The summed E-state index contributed by atoms with van der Waals surface area (Å²) in [7, 11) is 3.90. The van der Waals surface area contributed by atoms with Crippen molar-refractivity contribution in [1.29, 1.82) is 0 Å². The Hall–Kier alpha value is -3.03. The normalized spacial score (nSPS) is 19.6. The van der Waals surface area contributed by atoms with Crippen LogP contribution in [0.4, 0.5) is 0 Å². The molecule has 2 aliphatic heterocycles. The first kappa shape index (κ1) is 22.2. The van der Waals surface area contributed by atoms with Gasteiger partial charge in [0, 0.05) is 17.1 Å². The van der Waals surface area contributed by atoms with Gasteiger partial charge in [-0.25, -0.2) is 0 Å². The molecule has 32 heavy (non-hydrogen) atoms. The highest BCUT2D eigenvalue weighted by atomic mass is 35.5. The van der Waals surface area contributed by atoms with Crippen LogP contribution >= 0.6 is 11.6 Å². The number of ketones is 1. The van der Waals surface area contributed by atoms with Gasteiger partial charge in [-0.15, -0.1) is 0 Å². The van der Waals surface area contributed by atoms with E-state index < -0.39 is 17.7 Å². The number of ether oxygens (including phenoxy) is 2. The Balaban J connectivity index is 1.79. The second kappa shape index (κ2) is 9.22. The molecular weight excluding hydrogens is 432 g/mol. The Labute approximate surface area is 191 Å². The fraction of sp³-hybridized carbons (Fsp3) is 0.333. The maximum absolute atomic E-state index is 13.1. The Morgan fingerprint density at radius 1 is 1.12 bits per heavy atom. The van der Waals surface area contributed by atoms with Gasteiger partial charge in [0.2, 0.25) is 0 Å². The summed E-state index contributed by atoms with van der Waals surface area (Å²) < 4.78 is 11.1. The number of likely N-dealkylation sites (tertiary alicyclic amines) is 1. The SMILES string of the molecule is CN(C)CCCN1C(=O)C(=O)/C(=C(/O)c2ccc3c(c2)OCCO3)[C@@H]1c1cccc(Cl)c1. The maximum Gasteiger partial charge on any atom is 0.295 e. The summed E-state index contributed by atoms with van der Waals surface area (Å²) in [4.78, 5) is 29.6. The lowest BCUT2D eigenvalue weighted by molar-refractivity contribution is -0.139. The Morgan fingerprint density at radius 2 is 1.88 bits per heavy atom. The molecule has 1 saturated heterocycles. The van der Waals surface area contributed by atoms with Gasteiger partial charge in [0.05, 0.1) is 11.6 Å². The highest BCUT2D eigenvalue weighted by Crippen LogP contribution is 2.41. The van der Waals surface area contributed by atoms with Crippen LogP contribution in [-0.4, -0.2) is 67.0 Å². The summed E-state index contributed by atoms with van der Waals surface area (Å²) >= 11 is 6.21. The minimum atomic E-state index is -0.732. The number of nitrogens with zero attached hydrogens (tertiary/aromatic N) is 2. The third kappa shape index (κ3) is 4.31. The van der Waals surface area contributed by atoms with Crippen molar-refractivity contribution in [1.82, 2.24) is 9.80 Å². The number of hydrogen-bond acceptors (Lipinski definition) is 6. The van der Waals surface area contributed by atoms with Crippen molar-refractivity contribution in [3.8, 4) is 11.5 Å². The molecule has 0 radical (unpaired) electrons.